The first-order valence-corrected chi connectivity index (χ1v) is 10.9. The smallest absolute Gasteiger partial charge is 0.228 e. The normalized spacial score (nSPS) is 29.4. The molecule has 5 rings (SSSR count). The molecule has 3 unspecified atom stereocenters. The summed E-state index contributed by atoms with van der Waals surface area (Å²) in [7, 11) is 0. The van der Waals surface area contributed by atoms with E-state index in [0.29, 0.717) is 43.6 Å². The summed E-state index contributed by atoms with van der Waals surface area (Å²) in [5.41, 5.74) is 0.566. The number of pyridine rings is 1. The molecule has 0 radical (unpaired) electrons. The average Bonchev–Trinajstić information content (AvgIpc) is 3.47. The number of hydrogen-bond acceptors (Lipinski definition) is 6. The first kappa shape index (κ1) is 19.3. The largest absolute Gasteiger partial charge is 0.381 e. The van der Waals surface area contributed by atoms with Gasteiger partial charge in [0.15, 0.2) is 0 Å². The zero-order chi connectivity index (χ0) is 20.7. The van der Waals surface area contributed by atoms with Gasteiger partial charge in [0, 0.05) is 76.4 Å². The van der Waals surface area contributed by atoms with Gasteiger partial charge in [0.05, 0.1) is 11.5 Å². The topological polar surface area (TPSA) is 89.8 Å². The van der Waals surface area contributed by atoms with Crippen molar-refractivity contribution in [2.75, 3.05) is 50.8 Å². The minimum absolute atomic E-state index is 0.123. The standard InChI is InChI=1S/C22H27N5O3/c23-8-15-1-2-20(24-9-15)25-10-17-12-26(13-18(17)11-25)22(29)16-7-21(28)27(14-16)19-3-5-30-6-4-19/h1-2,9,16-19H,3-7,10-14H2. The second kappa shape index (κ2) is 7.88. The average molecular weight is 409 g/mol. The van der Waals surface area contributed by atoms with Crippen LogP contribution >= 0.6 is 0 Å². The molecule has 0 aromatic carbocycles. The first-order chi connectivity index (χ1) is 14.6. The maximum absolute atomic E-state index is 13.1. The van der Waals surface area contributed by atoms with Crippen molar-refractivity contribution in [3.8, 4) is 6.07 Å². The van der Waals surface area contributed by atoms with E-state index in [9.17, 15) is 9.59 Å². The Kier molecular flexibility index (Phi) is 5.07. The molecule has 3 atom stereocenters. The fourth-order valence-corrected chi connectivity index (χ4v) is 5.50. The van der Waals surface area contributed by atoms with Crippen molar-refractivity contribution < 1.29 is 14.3 Å². The summed E-state index contributed by atoms with van der Waals surface area (Å²) < 4.78 is 5.41. The van der Waals surface area contributed by atoms with E-state index in [-0.39, 0.29) is 23.8 Å². The van der Waals surface area contributed by atoms with Gasteiger partial charge in [-0.2, -0.15) is 5.26 Å². The van der Waals surface area contributed by atoms with Gasteiger partial charge in [-0.15, -0.1) is 0 Å². The summed E-state index contributed by atoms with van der Waals surface area (Å²) in [5.74, 6) is 1.85. The number of amides is 2. The highest BCUT2D eigenvalue weighted by molar-refractivity contribution is 5.89. The van der Waals surface area contributed by atoms with Crippen LogP contribution in [0.25, 0.3) is 0 Å². The Bertz CT molecular complexity index is 847. The Hall–Kier alpha value is -2.66. The van der Waals surface area contributed by atoms with Gasteiger partial charge in [0.1, 0.15) is 11.9 Å². The van der Waals surface area contributed by atoms with E-state index in [4.69, 9.17) is 10.00 Å². The first-order valence-electron chi connectivity index (χ1n) is 10.9. The van der Waals surface area contributed by atoms with Crippen molar-refractivity contribution in [1.82, 2.24) is 14.8 Å². The molecule has 158 valence electrons. The molecule has 30 heavy (non-hydrogen) atoms. The van der Waals surface area contributed by atoms with Crippen molar-refractivity contribution >= 4 is 17.6 Å². The molecular formula is C22H27N5O3. The molecule has 0 saturated carbocycles. The third kappa shape index (κ3) is 3.52. The third-order valence-electron chi connectivity index (χ3n) is 7.14. The van der Waals surface area contributed by atoms with Crippen molar-refractivity contribution in [3.05, 3.63) is 23.9 Å². The van der Waals surface area contributed by atoms with Crippen LogP contribution in [0.2, 0.25) is 0 Å². The molecule has 8 heteroatoms. The third-order valence-corrected chi connectivity index (χ3v) is 7.14. The van der Waals surface area contributed by atoms with E-state index in [1.165, 1.54) is 0 Å². The highest BCUT2D eigenvalue weighted by atomic mass is 16.5. The van der Waals surface area contributed by atoms with Gasteiger partial charge in [-0.05, 0) is 25.0 Å². The number of hydrogen-bond donors (Lipinski definition) is 0. The Morgan fingerprint density at radius 3 is 2.47 bits per heavy atom. The molecule has 2 amide bonds. The number of likely N-dealkylation sites (tertiary alicyclic amines) is 2. The van der Waals surface area contributed by atoms with Crippen molar-refractivity contribution in [1.29, 1.82) is 5.26 Å². The van der Waals surface area contributed by atoms with E-state index in [2.05, 4.69) is 16.0 Å². The molecule has 4 saturated heterocycles. The Morgan fingerprint density at radius 2 is 1.83 bits per heavy atom. The van der Waals surface area contributed by atoms with E-state index >= 15 is 0 Å². The van der Waals surface area contributed by atoms with Crippen LogP contribution in [0.15, 0.2) is 18.3 Å². The molecule has 1 aromatic heterocycles. The van der Waals surface area contributed by atoms with E-state index < -0.39 is 0 Å². The highest BCUT2D eigenvalue weighted by Gasteiger charge is 2.45. The number of carbonyl (C=O) groups excluding carboxylic acids is 2. The van der Waals surface area contributed by atoms with Crippen LogP contribution in [-0.4, -0.2) is 78.6 Å². The Labute approximate surface area is 176 Å². The number of carbonyl (C=O) groups is 2. The molecule has 0 spiro atoms. The summed E-state index contributed by atoms with van der Waals surface area (Å²) in [5, 5.41) is 8.93. The van der Waals surface area contributed by atoms with Gasteiger partial charge in [0.25, 0.3) is 0 Å². The molecule has 5 heterocycles. The van der Waals surface area contributed by atoms with Gasteiger partial charge in [-0.3, -0.25) is 9.59 Å². The molecule has 1 aromatic rings. The van der Waals surface area contributed by atoms with Gasteiger partial charge < -0.3 is 19.4 Å². The zero-order valence-corrected chi connectivity index (χ0v) is 17.1. The lowest BCUT2D eigenvalue weighted by atomic mass is 10.0. The van der Waals surface area contributed by atoms with E-state index in [1.54, 1.807) is 12.3 Å². The lowest BCUT2D eigenvalue weighted by Gasteiger charge is -2.31. The summed E-state index contributed by atoms with van der Waals surface area (Å²) in [6.07, 6.45) is 3.71. The summed E-state index contributed by atoms with van der Waals surface area (Å²) >= 11 is 0. The molecule has 4 fully saturated rings. The predicted octanol–water partition coefficient (Wildman–Crippen LogP) is 0.875. The Morgan fingerprint density at radius 1 is 1.10 bits per heavy atom. The fourth-order valence-electron chi connectivity index (χ4n) is 5.50. The van der Waals surface area contributed by atoms with Crippen LogP contribution in [0.5, 0.6) is 0 Å². The number of ether oxygens (including phenoxy) is 1. The maximum Gasteiger partial charge on any atom is 0.228 e. The van der Waals surface area contributed by atoms with Crippen LogP contribution in [0.4, 0.5) is 5.82 Å². The van der Waals surface area contributed by atoms with E-state index in [0.717, 1.165) is 44.8 Å². The lowest BCUT2D eigenvalue weighted by molar-refractivity contribution is -0.135. The van der Waals surface area contributed by atoms with E-state index in [1.807, 2.05) is 15.9 Å². The van der Waals surface area contributed by atoms with Crippen LogP contribution in [0, 0.1) is 29.1 Å². The number of nitrogens with zero attached hydrogens (tertiary/aromatic N) is 5. The number of fused-ring (bicyclic) bond motifs is 1. The highest BCUT2D eigenvalue weighted by Crippen LogP contribution is 2.35. The molecule has 8 nitrogen and oxygen atoms in total. The fraction of sp³-hybridized carbons (Fsp3) is 0.636. The molecule has 0 aliphatic carbocycles. The summed E-state index contributed by atoms with van der Waals surface area (Å²) in [6, 6.07) is 6.03. The molecular weight excluding hydrogens is 382 g/mol. The quantitative estimate of drug-likeness (QED) is 0.736. The minimum Gasteiger partial charge on any atom is -0.381 e. The molecule has 0 bridgehead atoms. The van der Waals surface area contributed by atoms with Crippen molar-refractivity contribution in [2.45, 2.75) is 25.3 Å². The zero-order valence-electron chi connectivity index (χ0n) is 17.1. The SMILES string of the molecule is N#Cc1ccc(N2CC3CN(C(=O)C4CC(=O)N(C5CCOCC5)C4)CC3C2)nc1. The minimum atomic E-state index is -0.199. The van der Waals surface area contributed by atoms with Crippen molar-refractivity contribution in [2.24, 2.45) is 17.8 Å². The molecule has 4 aliphatic rings. The number of rotatable bonds is 3. The summed E-state index contributed by atoms with van der Waals surface area (Å²) in [4.78, 5) is 36.2. The van der Waals surface area contributed by atoms with Gasteiger partial charge in [-0.25, -0.2) is 4.98 Å². The van der Waals surface area contributed by atoms with Gasteiger partial charge in [-0.1, -0.05) is 0 Å². The van der Waals surface area contributed by atoms with Crippen molar-refractivity contribution in [3.63, 3.8) is 0 Å². The number of nitriles is 1. The van der Waals surface area contributed by atoms with Crippen LogP contribution in [0.1, 0.15) is 24.8 Å². The molecule has 4 aliphatic heterocycles. The van der Waals surface area contributed by atoms with Gasteiger partial charge in [0.2, 0.25) is 11.8 Å². The van der Waals surface area contributed by atoms with Gasteiger partial charge >= 0.3 is 0 Å². The number of anilines is 1. The van der Waals surface area contributed by atoms with Crippen LogP contribution < -0.4 is 4.90 Å². The molecule has 0 N–H and O–H groups in total. The van der Waals surface area contributed by atoms with Crippen LogP contribution in [0.3, 0.4) is 0 Å². The van der Waals surface area contributed by atoms with Crippen LogP contribution in [-0.2, 0) is 14.3 Å². The summed E-state index contributed by atoms with van der Waals surface area (Å²) in [6.45, 7) is 5.25. The second-order valence-electron chi connectivity index (χ2n) is 8.98. The second-order valence-corrected chi connectivity index (χ2v) is 8.98. The lowest BCUT2D eigenvalue weighted by Crippen LogP contribution is -2.42. The number of aromatic nitrogens is 1. The predicted molar refractivity (Wildman–Crippen MR) is 108 cm³/mol. The Balaban J connectivity index is 1.17. The monoisotopic (exact) mass is 409 g/mol. The maximum atomic E-state index is 13.1.